The van der Waals surface area contributed by atoms with Gasteiger partial charge in [0.2, 0.25) is 0 Å². The SMILES string of the molecule is CCCCCCC=O.NC(Cc1ccc(O)cc1)C(=O)O. The second kappa shape index (κ2) is 11.9. The van der Waals surface area contributed by atoms with Gasteiger partial charge >= 0.3 is 5.97 Å². The molecule has 0 saturated heterocycles. The number of aliphatic carboxylic acids is 1. The summed E-state index contributed by atoms with van der Waals surface area (Å²) in [5, 5.41) is 17.5. The van der Waals surface area contributed by atoms with Crippen LogP contribution < -0.4 is 5.73 Å². The Balaban J connectivity index is 0.000000433. The van der Waals surface area contributed by atoms with Gasteiger partial charge in [0, 0.05) is 6.42 Å². The van der Waals surface area contributed by atoms with Crippen LogP contribution in [0.3, 0.4) is 0 Å². The first-order chi connectivity index (χ1) is 10.0. The summed E-state index contributed by atoms with van der Waals surface area (Å²) in [7, 11) is 0. The lowest BCUT2D eigenvalue weighted by Crippen LogP contribution is -2.32. The van der Waals surface area contributed by atoms with Gasteiger partial charge in [-0.15, -0.1) is 0 Å². The van der Waals surface area contributed by atoms with E-state index in [1.54, 1.807) is 12.1 Å². The summed E-state index contributed by atoms with van der Waals surface area (Å²) in [5.41, 5.74) is 6.12. The first-order valence-corrected chi connectivity index (χ1v) is 7.21. The number of nitrogens with two attached hydrogens (primary N) is 1. The van der Waals surface area contributed by atoms with Gasteiger partial charge in [0.15, 0.2) is 0 Å². The molecule has 0 aliphatic carbocycles. The molecule has 118 valence electrons. The third-order valence-corrected chi connectivity index (χ3v) is 2.88. The molecule has 0 aliphatic rings. The lowest BCUT2D eigenvalue weighted by atomic mass is 10.1. The molecule has 5 heteroatoms. The van der Waals surface area contributed by atoms with Gasteiger partial charge in [-0.3, -0.25) is 4.79 Å². The Kier molecular flexibility index (Phi) is 10.8. The minimum absolute atomic E-state index is 0.160. The second-order valence-electron chi connectivity index (χ2n) is 4.83. The van der Waals surface area contributed by atoms with Crippen molar-refractivity contribution >= 4 is 12.3 Å². The van der Waals surface area contributed by atoms with Crippen LogP contribution in [0, 0.1) is 0 Å². The topological polar surface area (TPSA) is 101 Å². The number of phenolic OH excluding ortho intramolecular Hbond substituents is 1. The number of phenols is 1. The van der Waals surface area contributed by atoms with E-state index in [1.165, 1.54) is 31.4 Å². The molecule has 1 aromatic carbocycles. The van der Waals surface area contributed by atoms with Gasteiger partial charge in [0.05, 0.1) is 0 Å². The molecule has 5 nitrogen and oxygen atoms in total. The number of unbranched alkanes of at least 4 members (excludes halogenated alkanes) is 4. The summed E-state index contributed by atoms with van der Waals surface area (Å²) in [6, 6.07) is 5.42. The van der Waals surface area contributed by atoms with Crippen LogP contribution in [0.2, 0.25) is 0 Å². The molecular formula is C16H25NO4. The summed E-state index contributed by atoms with van der Waals surface area (Å²) in [6.45, 7) is 2.17. The van der Waals surface area contributed by atoms with E-state index >= 15 is 0 Å². The highest BCUT2D eigenvalue weighted by Gasteiger charge is 2.11. The zero-order chi connectivity index (χ0) is 16.1. The van der Waals surface area contributed by atoms with Crippen LogP contribution >= 0.6 is 0 Å². The summed E-state index contributed by atoms with van der Waals surface area (Å²) in [5.74, 6) is -0.860. The first-order valence-electron chi connectivity index (χ1n) is 7.21. The van der Waals surface area contributed by atoms with Crippen molar-refractivity contribution in [1.29, 1.82) is 0 Å². The van der Waals surface area contributed by atoms with E-state index in [0.29, 0.717) is 0 Å². The second-order valence-corrected chi connectivity index (χ2v) is 4.83. The predicted octanol–water partition coefficient (Wildman–Crippen LogP) is 2.50. The fourth-order valence-corrected chi connectivity index (χ4v) is 1.63. The Morgan fingerprint density at radius 1 is 1.24 bits per heavy atom. The van der Waals surface area contributed by atoms with E-state index < -0.39 is 12.0 Å². The van der Waals surface area contributed by atoms with Crippen molar-refractivity contribution in [2.24, 2.45) is 5.73 Å². The standard InChI is InChI=1S/C9H11NO3.C7H14O/c10-8(9(12)13)5-6-1-3-7(11)4-2-6;1-2-3-4-5-6-7-8/h1-4,8,11H,5,10H2,(H,12,13);7H,2-6H2,1H3. The molecule has 21 heavy (non-hydrogen) atoms. The van der Waals surface area contributed by atoms with Crippen molar-refractivity contribution in [3.8, 4) is 5.75 Å². The minimum atomic E-state index is -1.02. The summed E-state index contributed by atoms with van der Waals surface area (Å²) < 4.78 is 0. The number of carboxylic acid groups (broad SMARTS) is 1. The molecule has 1 atom stereocenters. The van der Waals surface area contributed by atoms with Gasteiger partial charge in [0.25, 0.3) is 0 Å². The highest BCUT2D eigenvalue weighted by molar-refractivity contribution is 5.73. The van der Waals surface area contributed by atoms with E-state index in [9.17, 15) is 9.59 Å². The van der Waals surface area contributed by atoms with Crippen LogP contribution in [-0.2, 0) is 16.0 Å². The molecule has 0 fully saturated rings. The van der Waals surface area contributed by atoms with Gasteiger partial charge in [-0.25, -0.2) is 0 Å². The average molecular weight is 295 g/mol. The van der Waals surface area contributed by atoms with Gasteiger partial charge < -0.3 is 20.7 Å². The molecule has 0 heterocycles. The number of rotatable bonds is 8. The van der Waals surface area contributed by atoms with Crippen LogP contribution in [0.25, 0.3) is 0 Å². The molecule has 1 rings (SSSR count). The lowest BCUT2D eigenvalue weighted by Gasteiger charge is -2.05. The summed E-state index contributed by atoms with van der Waals surface area (Å²) >= 11 is 0. The van der Waals surface area contributed by atoms with Crippen molar-refractivity contribution in [1.82, 2.24) is 0 Å². The van der Waals surface area contributed by atoms with Gasteiger partial charge in [-0.05, 0) is 30.5 Å². The molecule has 0 amide bonds. The molecule has 4 N–H and O–H groups in total. The monoisotopic (exact) mass is 295 g/mol. The number of carbonyl (C=O) groups is 2. The fraction of sp³-hybridized carbons (Fsp3) is 0.500. The number of hydrogen-bond donors (Lipinski definition) is 3. The normalized spacial score (nSPS) is 11.1. The third-order valence-electron chi connectivity index (χ3n) is 2.88. The van der Waals surface area contributed by atoms with E-state index in [1.807, 2.05) is 0 Å². The predicted molar refractivity (Wildman–Crippen MR) is 82.2 cm³/mol. The summed E-state index contributed by atoms with van der Waals surface area (Å²) in [4.78, 5) is 20.2. The van der Waals surface area contributed by atoms with Gasteiger partial charge in [-0.1, -0.05) is 38.3 Å². The van der Waals surface area contributed by atoms with Crippen LogP contribution in [-0.4, -0.2) is 28.5 Å². The number of aldehydes is 1. The highest BCUT2D eigenvalue weighted by Crippen LogP contribution is 2.10. The number of aromatic hydroxyl groups is 1. The zero-order valence-electron chi connectivity index (χ0n) is 12.5. The number of carboxylic acids is 1. The molecule has 1 unspecified atom stereocenters. The Morgan fingerprint density at radius 3 is 2.33 bits per heavy atom. The van der Waals surface area contributed by atoms with Gasteiger partial charge in [-0.2, -0.15) is 0 Å². The Labute approximate surface area is 125 Å². The van der Waals surface area contributed by atoms with Crippen molar-refractivity contribution in [3.05, 3.63) is 29.8 Å². The molecule has 1 aromatic rings. The Bertz CT molecular complexity index is 403. The first kappa shape index (κ1) is 19.1. The molecule has 0 aromatic heterocycles. The highest BCUT2D eigenvalue weighted by atomic mass is 16.4. The van der Waals surface area contributed by atoms with Crippen molar-refractivity contribution < 1.29 is 19.8 Å². The van der Waals surface area contributed by atoms with Crippen LogP contribution in [0.5, 0.6) is 5.75 Å². The maximum Gasteiger partial charge on any atom is 0.320 e. The quantitative estimate of drug-likeness (QED) is 0.505. The molecular weight excluding hydrogens is 270 g/mol. The van der Waals surface area contributed by atoms with E-state index in [0.717, 1.165) is 24.7 Å². The van der Waals surface area contributed by atoms with Crippen LogP contribution in [0.4, 0.5) is 0 Å². The minimum Gasteiger partial charge on any atom is -0.508 e. The Morgan fingerprint density at radius 2 is 1.86 bits per heavy atom. The number of benzene rings is 1. The lowest BCUT2D eigenvalue weighted by molar-refractivity contribution is -0.138. The molecule has 0 spiro atoms. The van der Waals surface area contributed by atoms with E-state index in [2.05, 4.69) is 6.92 Å². The van der Waals surface area contributed by atoms with Crippen molar-refractivity contribution in [3.63, 3.8) is 0 Å². The Hall–Kier alpha value is -1.88. The smallest absolute Gasteiger partial charge is 0.320 e. The zero-order valence-corrected chi connectivity index (χ0v) is 12.5. The van der Waals surface area contributed by atoms with Crippen LogP contribution in [0.1, 0.15) is 44.6 Å². The van der Waals surface area contributed by atoms with Crippen molar-refractivity contribution in [2.45, 2.75) is 51.5 Å². The molecule has 0 bridgehead atoms. The molecule has 0 radical (unpaired) electrons. The molecule has 0 saturated carbocycles. The third kappa shape index (κ3) is 10.6. The fourth-order valence-electron chi connectivity index (χ4n) is 1.63. The number of hydrogen-bond acceptors (Lipinski definition) is 4. The van der Waals surface area contributed by atoms with E-state index in [-0.39, 0.29) is 12.2 Å². The average Bonchev–Trinajstić information content (AvgIpc) is 2.47. The summed E-state index contributed by atoms with van der Waals surface area (Å²) in [6.07, 6.45) is 6.84. The van der Waals surface area contributed by atoms with E-state index in [4.69, 9.17) is 15.9 Å². The number of carbonyl (C=O) groups excluding carboxylic acids is 1. The molecule has 0 aliphatic heterocycles. The van der Waals surface area contributed by atoms with Crippen LogP contribution in [0.15, 0.2) is 24.3 Å². The maximum absolute atomic E-state index is 10.4. The van der Waals surface area contributed by atoms with Gasteiger partial charge in [0.1, 0.15) is 18.1 Å². The van der Waals surface area contributed by atoms with Crippen molar-refractivity contribution in [2.75, 3.05) is 0 Å². The largest absolute Gasteiger partial charge is 0.508 e. The maximum atomic E-state index is 10.4.